The molecule has 6 nitrogen and oxygen atoms in total. The Balaban J connectivity index is 1.33. The quantitative estimate of drug-likeness (QED) is 0.731. The summed E-state index contributed by atoms with van der Waals surface area (Å²) in [5.41, 5.74) is 4.06. The average molecular weight is 390 g/mol. The summed E-state index contributed by atoms with van der Waals surface area (Å²) in [5.74, 6) is 0.869. The lowest BCUT2D eigenvalue weighted by molar-refractivity contribution is -0.132. The topological polar surface area (TPSA) is 71.0 Å². The summed E-state index contributed by atoms with van der Waals surface area (Å²) in [6.45, 7) is 3.31. The minimum Gasteiger partial charge on any atom is -0.350 e. The van der Waals surface area contributed by atoms with Crippen LogP contribution in [0.1, 0.15) is 41.9 Å². The fourth-order valence-electron chi connectivity index (χ4n) is 5.28. The minimum absolute atomic E-state index is 0.0128. The highest BCUT2D eigenvalue weighted by atomic mass is 16.2. The van der Waals surface area contributed by atoms with Gasteiger partial charge >= 0.3 is 0 Å². The summed E-state index contributed by atoms with van der Waals surface area (Å²) in [4.78, 5) is 34.8. The number of nitrogens with zero attached hydrogens (tertiary/aromatic N) is 3. The third-order valence-corrected chi connectivity index (χ3v) is 6.88. The Kier molecular flexibility index (Phi) is 4.12. The van der Waals surface area contributed by atoms with E-state index < -0.39 is 0 Å². The molecular weight excluding hydrogens is 364 g/mol. The van der Waals surface area contributed by atoms with E-state index in [9.17, 15) is 9.59 Å². The Morgan fingerprint density at radius 1 is 1.21 bits per heavy atom. The number of aryl methyl sites for hydroxylation is 2. The van der Waals surface area contributed by atoms with Gasteiger partial charge in [-0.25, -0.2) is 4.98 Å². The van der Waals surface area contributed by atoms with E-state index in [-0.39, 0.29) is 16.9 Å². The van der Waals surface area contributed by atoms with Crippen LogP contribution in [0.3, 0.4) is 0 Å². The van der Waals surface area contributed by atoms with Crippen molar-refractivity contribution in [3.8, 4) is 0 Å². The van der Waals surface area contributed by atoms with Gasteiger partial charge in [-0.05, 0) is 44.2 Å². The number of hydrogen-bond acceptors (Lipinski definition) is 3. The van der Waals surface area contributed by atoms with Gasteiger partial charge in [-0.2, -0.15) is 0 Å². The van der Waals surface area contributed by atoms with Crippen LogP contribution in [0.4, 0.5) is 0 Å². The Morgan fingerprint density at radius 2 is 1.97 bits per heavy atom. The van der Waals surface area contributed by atoms with E-state index in [1.807, 2.05) is 31.0 Å². The number of nitrogens with one attached hydrogen (secondary N) is 1. The van der Waals surface area contributed by atoms with Crippen LogP contribution < -0.4 is 5.56 Å². The summed E-state index contributed by atoms with van der Waals surface area (Å²) in [6.07, 6.45) is 6.03. The predicted molar refractivity (Wildman–Crippen MR) is 112 cm³/mol. The number of piperidine rings is 1. The molecule has 0 unspecified atom stereocenters. The Hall–Kier alpha value is -2.89. The minimum atomic E-state index is -0.0371. The molecule has 0 saturated carbocycles. The van der Waals surface area contributed by atoms with E-state index in [0.717, 1.165) is 66.5 Å². The van der Waals surface area contributed by atoms with Crippen molar-refractivity contribution in [2.24, 2.45) is 7.05 Å². The second-order valence-corrected chi connectivity index (χ2v) is 8.60. The first-order valence-corrected chi connectivity index (χ1v) is 10.4. The van der Waals surface area contributed by atoms with Gasteiger partial charge in [0, 0.05) is 48.2 Å². The third kappa shape index (κ3) is 2.89. The lowest BCUT2D eigenvalue weighted by atomic mass is 9.76. The summed E-state index contributed by atoms with van der Waals surface area (Å²) in [6, 6.07) is 8.22. The van der Waals surface area contributed by atoms with Gasteiger partial charge in [0.05, 0.1) is 12.1 Å². The molecule has 150 valence electrons. The molecule has 1 saturated heterocycles. The fraction of sp³-hybridized carbons (Fsp3) is 0.435. The number of para-hydroxylation sites is 1. The van der Waals surface area contributed by atoms with E-state index in [1.165, 1.54) is 0 Å². The Morgan fingerprint density at radius 3 is 2.76 bits per heavy atom. The van der Waals surface area contributed by atoms with Crippen molar-refractivity contribution < 1.29 is 4.79 Å². The van der Waals surface area contributed by atoms with Crippen LogP contribution in [0, 0.1) is 6.92 Å². The second kappa shape index (κ2) is 6.58. The maximum Gasteiger partial charge on any atom is 0.254 e. The van der Waals surface area contributed by atoms with Crippen LogP contribution in [0.2, 0.25) is 0 Å². The molecule has 0 bridgehead atoms. The lowest BCUT2D eigenvalue weighted by Gasteiger charge is -2.39. The third-order valence-electron chi connectivity index (χ3n) is 6.88. The molecule has 3 heterocycles. The Bertz CT molecular complexity index is 1170. The smallest absolute Gasteiger partial charge is 0.254 e. The number of amides is 1. The van der Waals surface area contributed by atoms with Gasteiger partial charge in [0.25, 0.3) is 5.56 Å². The van der Waals surface area contributed by atoms with Gasteiger partial charge in [0.1, 0.15) is 5.82 Å². The maximum atomic E-state index is 13.0. The van der Waals surface area contributed by atoms with Crippen LogP contribution in [0.25, 0.3) is 10.9 Å². The molecule has 6 heteroatoms. The van der Waals surface area contributed by atoms with Crippen molar-refractivity contribution in [2.45, 2.75) is 44.4 Å². The molecule has 29 heavy (non-hydrogen) atoms. The molecule has 3 aromatic rings. The Labute approximate surface area is 169 Å². The van der Waals surface area contributed by atoms with Crippen LogP contribution in [0.5, 0.6) is 0 Å². The second-order valence-electron chi connectivity index (χ2n) is 8.60. The number of aromatic amines is 1. The molecule has 1 amide bonds. The summed E-state index contributed by atoms with van der Waals surface area (Å²) in [5, 5.41) is 1.15. The van der Waals surface area contributed by atoms with Gasteiger partial charge in [0.15, 0.2) is 0 Å². The number of carbonyl (C=O) groups excluding carboxylic acids is 1. The molecule has 1 spiro atoms. The van der Waals surface area contributed by atoms with Crippen molar-refractivity contribution >= 4 is 16.8 Å². The maximum absolute atomic E-state index is 13.0. The van der Waals surface area contributed by atoms with Crippen LogP contribution in [-0.2, 0) is 30.1 Å². The number of fused-ring (bicyclic) bond motifs is 3. The zero-order valence-electron chi connectivity index (χ0n) is 17.0. The SMILES string of the molecule is Cc1nc2c(c(=O)[nH]1)CCC21CCN(C(=O)Cc2cn(C)c3ccccc23)CC1. The number of hydrogen-bond donors (Lipinski definition) is 1. The number of benzene rings is 1. The monoisotopic (exact) mass is 390 g/mol. The van der Waals surface area contributed by atoms with Gasteiger partial charge in [0.2, 0.25) is 5.91 Å². The average Bonchev–Trinajstić information content (AvgIpc) is 3.21. The van der Waals surface area contributed by atoms with Gasteiger partial charge < -0.3 is 14.5 Å². The summed E-state index contributed by atoms with van der Waals surface area (Å²) in [7, 11) is 2.02. The highest BCUT2D eigenvalue weighted by Crippen LogP contribution is 2.44. The van der Waals surface area contributed by atoms with Gasteiger partial charge in [-0.1, -0.05) is 18.2 Å². The first-order chi connectivity index (χ1) is 14.0. The molecule has 5 rings (SSSR count). The van der Waals surface area contributed by atoms with Crippen molar-refractivity contribution in [1.29, 1.82) is 0 Å². The molecule has 1 aliphatic heterocycles. The van der Waals surface area contributed by atoms with E-state index in [1.54, 1.807) is 0 Å². The van der Waals surface area contributed by atoms with E-state index in [4.69, 9.17) is 4.98 Å². The molecule has 1 aliphatic carbocycles. The van der Waals surface area contributed by atoms with Crippen LogP contribution in [0.15, 0.2) is 35.3 Å². The standard InChI is InChI=1S/C23H26N4O2/c1-15-24-21-18(22(29)25-15)7-8-23(21)9-11-27(12-10-23)20(28)13-16-14-26(2)19-6-4-3-5-17(16)19/h3-6,14H,7-13H2,1-2H3,(H,24,25,29). The first kappa shape index (κ1) is 18.2. The number of aromatic nitrogens is 3. The summed E-state index contributed by atoms with van der Waals surface area (Å²) >= 11 is 0. The molecule has 1 N–H and O–H groups in total. The zero-order chi connectivity index (χ0) is 20.2. The molecule has 1 fully saturated rings. The van der Waals surface area contributed by atoms with Crippen molar-refractivity contribution in [2.75, 3.05) is 13.1 Å². The predicted octanol–water partition coefficient (Wildman–Crippen LogP) is 2.62. The largest absolute Gasteiger partial charge is 0.350 e. The van der Waals surface area contributed by atoms with E-state index >= 15 is 0 Å². The van der Waals surface area contributed by atoms with Crippen molar-refractivity contribution in [1.82, 2.24) is 19.4 Å². The molecular formula is C23H26N4O2. The molecule has 2 aliphatic rings. The zero-order valence-corrected chi connectivity index (χ0v) is 17.0. The highest BCUT2D eigenvalue weighted by molar-refractivity contribution is 5.89. The molecule has 0 atom stereocenters. The number of carbonyl (C=O) groups is 1. The first-order valence-electron chi connectivity index (χ1n) is 10.4. The van der Waals surface area contributed by atoms with Crippen LogP contribution >= 0.6 is 0 Å². The van der Waals surface area contributed by atoms with Crippen molar-refractivity contribution in [3.05, 3.63) is 63.5 Å². The van der Waals surface area contributed by atoms with Gasteiger partial charge in [-0.15, -0.1) is 0 Å². The molecule has 2 aromatic heterocycles. The molecule has 1 aromatic carbocycles. The van der Waals surface area contributed by atoms with E-state index in [0.29, 0.717) is 12.2 Å². The number of rotatable bonds is 2. The van der Waals surface area contributed by atoms with E-state index in [2.05, 4.69) is 27.9 Å². The fourth-order valence-corrected chi connectivity index (χ4v) is 5.28. The normalized spacial score (nSPS) is 17.8. The van der Waals surface area contributed by atoms with Crippen molar-refractivity contribution in [3.63, 3.8) is 0 Å². The summed E-state index contributed by atoms with van der Waals surface area (Å²) < 4.78 is 2.09. The van der Waals surface area contributed by atoms with Gasteiger partial charge in [-0.3, -0.25) is 9.59 Å². The molecule has 0 radical (unpaired) electrons. The number of H-pyrrole nitrogens is 1. The lowest BCUT2D eigenvalue weighted by Crippen LogP contribution is -2.45. The van der Waals surface area contributed by atoms with Crippen LogP contribution in [-0.4, -0.2) is 38.4 Å². The number of likely N-dealkylation sites (tertiary alicyclic amines) is 1. The highest BCUT2D eigenvalue weighted by Gasteiger charge is 2.44.